The summed E-state index contributed by atoms with van der Waals surface area (Å²) in [5, 5.41) is 16.9. The summed E-state index contributed by atoms with van der Waals surface area (Å²) in [6.45, 7) is 1.43. The second kappa shape index (κ2) is 5.25. The maximum Gasteiger partial charge on any atom is 0.410 e. The highest BCUT2D eigenvalue weighted by Gasteiger charge is 2.30. The van der Waals surface area contributed by atoms with Gasteiger partial charge in [-0.25, -0.2) is 13.2 Å². The van der Waals surface area contributed by atoms with E-state index in [1.165, 1.54) is 4.90 Å². The zero-order valence-corrected chi connectivity index (χ0v) is 11.6. The van der Waals surface area contributed by atoms with Crippen LogP contribution >= 0.6 is 10.7 Å². The van der Waals surface area contributed by atoms with Gasteiger partial charge in [-0.15, -0.1) is 0 Å². The van der Waals surface area contributed by atoms with Crippen molar-refractivity contribution in [2.75, 3.05) is 19.6 Å². The predicted molar refractivity (Wildman–Crippen MR) is 66.9 cm³/mol. The molecule has 1 aromatic rings. The predicted octanol–water partition coefficient (Wildman–Crippen LogP) is -0.256. The third-order valence-electron chi connectivity index (χ3n) is 2.69. The third-order valence-corrected chi connectivity index (χ3v) is 4.00. The Labute approximate surface area is 117 Å². The molecule has 2 heterocycles. The first kappa shape index (κ1) is 14.5. The number of aromatic nitrogens is 2. The molecule has 1 saturated heterocycles. The van der Waals surface area contributed by atoms with Crippen LogP contribution in [0.1, 0.15) is 0 Å². The first-order valence-electron chi connectivity index (χ1n) is 5.48. The molecule has 0 aliphatic carbocycles. The molecule has 1 aliphatic rings. The lowest BCUT2D eigenvalue weighted by atomic mass is 10.5. The fourth-order valence-corrected chi connectivity index (χ4v) is 2.66. The topological polar surface area (TPSA) is 127 Å². The summed E-state index contributed by atoms with van der Waals surface area (Å²) in [6, 6.07) is -0.239. The smallest absolute Gasteiger partial charge is 0.358 e. The lowest BCUT2D eigenvalue weighted by Gasteiger charge is -2.12. The Hall–Kier alpha value is -1.88. The fourth-order valence-electron chi connectivity index (χ4n) is 1.75. The van der Waals surface area contributed by atoms with E-state index >= 15 is 0 Å². The molecule has 0 saturated carbocycles. The monoisotopic (exact) mass is 323 g/mol. The van der Waals surface area contributed by atoms with E-state index in [9.17, 15) is 23.3 Å². The van der Waals surface area contributed by atoms with E-state index in [-0.39, 0.29) is 19.1 Å². The lowest BCUT2D eigenvalue weighted by molar-refractivity contribution is -0.392. The molecule has 0 unspecified atom stereocenters. The van der Waals surface area contributed by atoms with Crippen molar-refractivity contribution >= 4 is 31.6 Å². The second-order valence-corrected chi connectivity index (χ2v) is 6.53. The minimum Gasteiger partial charge on any atom is -0.358 e. The maximum absolute atomic E-state index is 11.3. The van der Waals surface area contributed by atoms with Crippen molar-refractivity contribution in [1.82, 2.24) is 20.0 Å². The molecule has 0 atom stereocenters. The number of halogens is 1. The van der Waals surface area contributed by atoms with Gasteiger partial charge in [0.15, 0.2) is 0 Å². The van der Waals surface area contributed by atoms with Crippen molar-refractivity contribution < 1.29 is 18.1 Å². The van der Waals surface area contributed by atoms with E-state index in [0.29, 0.717) is 13.1 Å². The van der Waals surface area contributed by atoms with E-state index in [0.717, 1.165) is 10.9 Å². The summed E-state index contributed by atoms with van der Waals surface area (Å²) >= 11 is 0. The zero-order chi connectivity index (χ0) is 14.9. The van der Waals surface area contributed by atoms with Gasteiger partial charge in [0.2, 0.25) is 4.90 Å². The molecule has 1 N–H and O–H groups in total. The largest absolute Gasteiger partial charge is 0.410 e. The van der Waals surface area contributed by atoms with Crippen LogP contribution < -0.4 is 5.32 Å². The number of amides is 2. The van der Waals surface area contributed by atoms with Crippen LogP contribution in [-0.2, 0) is 15.6 Å². The van der Waals surface area contributed by atoms with Gasteiger partial charge < -0.3 is 20.3 Å². The average molecular weight is 324 g/mol. The van der Waals surface area contributed by atoms with Crippen LogP contribution in [0.25, 0.3) is 0 Å². The Kier molecular flexibility index (Phi) is 3.81. The highest BCUT2D eigenvalue weighted by atomic mass is 35.7. The highest BCUT2D eigenvalue weighted by molar-refractivity contribution is 8.13. The van der Waals surface area contributed by atoms with E-state index < -0.39 is 24.7 Å². The van der Waals surface area contributed by atoms with Gasteiger partial charge in [0, 0.05) is 30.3 Å². The number of carbonyl (C=O) groups excluding carboxylic acids is 1. The van der Waals surface area contributed by atoms with Gasteiger partial charge in [0.05, 0.1) is 17.8 Å². The fraction of sp³-hybridized carbons (Fsp3) is 0.500. The van der Waals surface area contributed by atoms with Gasteiger partial charge in [-0.3, -0.25) is 0 Å². The SMILES string of the molecule is O=C1NCCN1CCn1cc(S(=O)(=O)Cl)c([N+](=O)[O-])n1. The van der Waals surface area contributed by atoms with Crippen molar-refractivity contribution in [2.45, 2.75) is 11.4 Å². The van der Waals surface area contributed by atoms with Crippen molar-refractivity contribution in [2.24, 2.45) is 0 Å². The maximum atomic E-state index is 11.3. The number of carbonyl (C=O) groups is 1. The number of rotatable bonds is 5. The molecule has 1 aromatic heterocycles. The van der Waals surface area contributed by atoms with Gasteiger partial charge in [0.25, 0.3) is 9.05 Å². The van der Waals surface area contributed by atoms with Gasteiger partial charge in [0.1, 0.15) is 0 Å². The van der Waals surface area contributed by atoms with E-state index in [1.807, 2.05) is 0 Å². The molecule has 2 rings (SSSR count). The van der Waals surface area contributed by atoms with Gasteiger partial charge >= 0.3 is 11.8 Å². The van der Waals surface area contributed by atoms with Crippen molar-refractivity contribution in [3.8, 4) is 0 Å². The van der Waals surface area contributed by atoms with Gasteiger partial charge in [-0.05, 0) is 4.92 Å². The van der Waals surface area contributed by atoms with Gasteiger partial charge in [-0.2, -0.15) is 4.68 Å². The normalized spacial score (nSPS) is 15.4. The first-order chi connectivity index (χ1) is 9.29. The summed E-state index contributed by atoms with van der Waals surface area (Å²) in [6.07, 6.45) is 0.981. The van der Waals surface area contributed by atoms with Crippen molar-refractivity contribution in [3.05, 3.63) is 16.3 Å². The van der Waals surface area contributed by atoms with Crippen LogP contribution in [0, 0.1) is 10.1 Å². The van der Waals surface area contributed by atoms with Crippen LogP contribution in [0.2, 0.25) is 0 Å². The summed E-state index contributed by atoms with van der Waals surface area (Å²) in [5.74, 6) is -0.828. The van der Waals surface area contributed by atoms with Gasteiger partial charge in [-0.1, -0.05) is 0 Å². The van der Waals surface area contributed by atoms with Crippen LogP contribution in [0.5, 0.6) is 0 Å². The van der Waals surface area contributed by atoms with Crippen LogP contribution in [0.4, 0.5) is 10.6 Å². The number of urea groups is 1. The van der Waals surface area contributed by atoms with E-state index in [2.05, 4.69) is 10.4 Å². The molecule has 20 heavy (non-hydrogen) atoms. The standard InChI is InChI=1S/C8H10ClN5O5S/c9-20(18,19)6-5-13(11-7(6)14(16)17)4-3-12-2-1-10-8(12)15/h5H,1-4H2,(H,10,15). The number of nitrogens with zero attached hydrogens (tertiary/aromatic N) is 4. The van der Waals surface area contributed by atoms with Crippen LogP contribution in [0.3, 0.4) is 0 Å². The zero-order valence-electron chi connectivity index (χ0n) is 10.0. The summed E-state index contributed by atoms with van der Waals surface area (Å²) < 4.78 is 23.5. The van der Waals surface area contributed by atoms with Crippen LogP contribution in [-0.4, -0.2) is 53.7 Å². The quantitative estimate of drug-likeness (QED) is 0.452. The lowest BCUT2D eigenvalue weighted by Crippen LogP contribution is -2.31. The second-order valence-electron chi connectivity index (χ2n) is 3.99. The van der Waals surface area contributed by atoms with E-state index in [1.54, 1.807) is 0 Å². The van der Waals surface area contributed by atoms with Crippen molar-refractivity contribution in [3.63, 3.8) is 0 Å². The molecule has 10 nitrogen and oxygen atoms in total. The first-order valence-corrected chi connectivity index (χ1v) is 7.79. The average Bonchev–Trinajstić information content (AvgIpc) is 2.91. The Morgan fingerprint density at radius 2 is 2.20 bits per heavy atom. The number of hydrogen-bond acceptors (Lipinski definition) is 6. The molecule has 1 fully saturated rings. The Balaban J connectivity index is 2.17. The summed E-state index contributed by atoms with van der Waals surface area (Å²) in [7, 11) is 0.860. The number of hydrogen-bond donors (Lipinski definition) is 1. The van der Waals surface area contributed by atoms with Crippen molar-refractivity contribution in [1.29, 1.82) is 0 Å². The molecular weight excluding hydrogens is 314 g/mol. The Morgan fingerprint density at radius 3 is 2.65 bits per heavy atom. The molecule has 2 amide bonds. The number of nitro groups is 1. The summed E-state index contributed by atoms with van der Waals surface area (Å²) in [5.41, 5.74) is 0. The molecule has 110 valence electrons. The van der Waals surface area contributed by atoms with E-state index in [4.69, 9.17) is 10.7 Å². The molecular formula is C8H10ClN5O5S. The Morgan fingerprint density at radius 1 is 1.50 bits per heavy atom. The van der Waals surface area contributed by atoms with Crippen LogP contribution in [0.15, 0.2) is 11.1 Å². The highest BCUT2D eigenvalue weighted by Crippen LogP contribution is 2.24. The molecule has 0 spiro atoms. The molecule has 0 aromatic carbocycles. The Bertz CT molecular complexity index is 656. The molecule has 1 aliphatic heterocycles. The summed E-state index contributed by atoms with van der Waals surface area (Å²) in [4.78, 5) is 21.9. The minimum atomic E-state index is -4.25. The third kappa shape index (κ3) is 2.99. The minimum absolute atomic E-state index is 0.126. The molecule has 12 heteroatoms. The number of nitrogens with one attached hydrogen (secondary N) is 1. The molecule has 0 radical (unpaired) electrons. The molecule has 0 bridgehead atoms.